The average molecular weight is 394 g/mol. The van der Waals surface area contributed by atoms with E-state index in [0.717, 1.165) is 35.0 Å². The number of ether oxygens (including phenoxy) is 1. The lowest BCUT2D eigenvalue weighted by Crippen LogP contribution is -2.30. The summed E-state index contributed by atoms with van der Waals surface area (Å²) in [7, 11) is -3.51. The van der Waals surface area contributed by atoms with Crippen molar-refractivity contribution in [1.29, 1.82) is 0 Å². The van der Waals surface area contributed by atoms with Crippen molar-refractivity contribution in [3.63, 3.8) is 0 Å². The van der Waals surface area contributed by atoms with E-state index in [2.05, 4.69) is 20.1 Å². The minimum absolute atomic E-state index is 0.313. The number of aryl methyl sites for hydroxylation is 1. The van der Waals surface area contributed by atoms with Crippen molar-refractivity contribution >= 4 is 15.7 Å². The third kappa shape index (κ3) is 3.85. The summed E-state index contributed by atoms with van der Waals surface area (Å²) in [4.78, 5) is 0.313. The molecule has 1 aliphatic heterocycles. The molecule has 2 heterocycles. The molecule has 0 saturated carbocycles. The fourth-order valence-electron chi connectivity index (χ4n) is 3.23. The van der Waals surface area contributed by atoms with E-state index in [0.29, 0.717) is 37.7 Å². The topological polar surface area (TPSA) is 89.4 Å². The van der Waals surface area contributed by atoms with E-state index in [1.165, 1.54) is 4.31 Å². The van der Waals surface area contributed by atoms with Gasteiger partial charge in [-0.25, -0.2) is 8.42 Å². The molecule has 0 bridgehead atoms. The van der Waals surface area contributed by atoms with Crippen molar-refractivity contribution in [3.8, 4) is 0 Å². The van der Waals surface area contributed by atoms with Gasteiger partial charge in [0, 0.05) is 25.3 Å². The van der Waals surface area contributed by atoms with Crippen molar-refractivity contribution in [2.45, 2.75) is 52.3 Å². The van der Waals surface area contributed by atoms with Gasteiger partial charge in [-0.2, -0.15) is 4.31 Å². The summed E-state index contributed by atoms with van der Waals surface area (Å²) >= 11 is 0. The Hall–Kier alpha value is -1.97. The van der Waals surface area contributed by atoms with Crippen LogP contribution in [-0.4, -0.2) is 47.2 Å². The fraction of sp³-hybridized carbons (Fsp3) is 0.556. The second-order valence-electron chi connectivity index (χ2n) is 6.59. The van der Waals surface area contributed by atoms with E-state index in [9.17, 15) is 8.42 Å². The van der Waals surface area contributed by atoms with Gasteiger partial charge in [-0.15, -0.1) is 10.2 Å². The molecule has 0 atom stereocenters. The zero-order valence-electron chi connectivity index (χ0n) is 16.3. The highest BCUT2D eigenvalue weighted by molar-refractivity contribution is 7.89. The first kappa shape index (κ1) is 19.8. The predicted octanol–water partition coefficient (Wildman–Crippen LogP) is 2.07. The van der Waals surface area contributed by atoms with Crippen LogP contribution in [0.15, 0.2) is 17.0 Å². The number of aromatic nitrogens is 3. The molecule has 0 aliphatic carbocycles. The normalized spacial score (nSPS) is 14.4. The Balaban J connectivity index is 1.88. The molecule has 1 aliphatic rings. The molecule has 0 saturated heterocycles. The zero-order valence-corrected chi connectivity index (χ0v) is 17.1. The standard InChI is InChI=1S/C18H27N5O3S/c1-5-22(6-2)27(24,25)15-9-13(3)14(4)16(10-15)19-11-17-20-21-18-12-26-8-7-23(17)18/h9-10,19H,5-8,11-12H2,1-4H3. The molecule has 0 spiro atoms. The quantitative estimate of drug-likeness (QED) is 0.775. The van der Waals surface area contributed by atoms with E-state index < -0.39 is 10.0 Å². The maximum absolute atomic E-state index is 12.9. The Kier molecular flexibility index (Phi) is 5.83. The van der Waals surface area contributed by atoms with Gasteiger partial charge in [0.15, 0.2) is 11.6 Å². The van der Waals surface area contributed by atoms with Crippen LogP contribution in [0.1, 0.15) is 36.6 Å². The highest BCUT2D eigenvalue weighted by Gasteiger charge is 2.23. The number of hydrogen-bond acceptors (Lipinski definition) is 6. The Bertz CT molecular complexity index is 919. The zero-order chi connectivity index (χ0) is 19.6. The first-order valence-corrected chi connectivity index (χ1v) is 10.7. The monoisotopic (exact) mass is 393 g/mol. The SMILES string of the molecule is CCN(CC)S(=O)(=O)c1cc(C)c(C)c(NCc2nnc3n2CCOC3)c1. The van der Waals surface area contributed by atoms with Crippen molar-refractivity contribution in [2.75, 3.05) is 25.0 Å². The Morgan fingerprint density at radius 2 is 1.96 bits per heavy atom. The molecule has 1 aromatic carbocycles. The lowest BCUT2D eigenvalue weighted by atomic mass is 10.1. The summed E-state index contributed by atoms with van der Waals surface area (Å²) in [6.45, 7) is 10.8. The smallest absolute Gasteiger partial charge is 0.243 e. The van der Waals surface area contributed by atoms with Gasteiger partial charge in [0.2, 0.25) is 10.0 Å². The van der Waals surface area contributed by atoms with E-state index >= 15 is 0 Å². The molecule has 9 heteroatoms. The largest absolute Gasteiger partial charge is 0.377 e. The van der Waals surface area contributed by atoms with Gasteiger partial charge in [-0.05, 0) is 37.1 Å². The lowest BCUT2D eigenvalue weighted by Gasteiger charge is -2.21. The minimum atomic E-state index is -3.51. The maximum atomic E-state index is 12.9. The van der Waals surface area contributed by atoms with Gasteiger partial charge in [0.1, 0.15) is 6.61 Å². The van der Waals surface area contributed by atoms with Gasteiger partial charge in [-0.3, -0.25) is 0 Å². The molecular formula is C18H27N5O3S. The first-order valence-electron chi connectivity index (χ1n) is 9.22. The Morgan fingerprint density at radius 3 is 2.67 bits per heavy atom. The lowest BCUT2D eigenvalue weighted by molar-refractivity contribution is 0.0807. The van der Waals surface area contributed by atoms with Crippen LogP contribution in [0, 0.1) is 13.8 Å². The Morgan fingerprint density at radius 1 is 1.22 bits per heavy atom. The van der Waals surface area contributed by atoms with Gasteiger partial charge < -0.3 is 14.6 Å². The average Bonchev–Trinajstić information content (AvgIpc) is 3.06. The highest BCUT2D eigenvalue weighted by atomic mass is 32.2. The second kappa shape index (κ2) is 7.95. The second-order valence-corrected chi connectivity index (χ2v) is 8.53. The number of nitrogens with zero attached hydrogens (tertiary/aromatic N) is 4. The summed E-state index contributed by atoms with van der Waals surface area (Å²) in [5, 5.41) is 11.7. The van der Waals surface area contributed by atoms with Crippen molar-refractivity contribution in [3.05, 3.63) is 34.9 Å². The molecule has 1 N–H and O–H groups in total. The van der Waals surface area contributed by atoms with Crippen LogP contribution in [0.3, 0.4) is 0 Å². The summed E-state index contributed by atoms with van der Waals surface area (Å²) in [6, 6.07) is 3.46. The minimum Gasteiger partial charge on any atom is -0.377 e. The molecule has 27 heavy (non-hydrogen) atoms. The van der Waals surface area contributed by atoms with E-state index in [1.807, 2.05) is 27.7 Å². The molecule has 8 nitrogen and oxygen atoms in total. The molecule has 148 valence electrons. The van der Waals surface area contributed by atoms with Crippen molar-refractivity contribution in [1.82, 2.24) is 19.1 Å². The van der Waals surface area contributed by atoms with Crippen molar-refractivity contribution < 1.29 is 13.2 Å². The summed E-state index contributed by atoms with van der Waals surface area (Å²) < 4.78 is 34.7. The fourth-order valence-corrected chi connectivity index (χ4v) is 4.80. The van der Waals surface area contributed by atoms with E-state index in [-0.39, 0.29) is 0 Å². The molecule has 0 radical (unpaired) electrons. The molecule has 1 aromatic heterocycles. The van der Waals surface area contributed by atoms with Crippen LogP contribution >= 0.6 is 0 Å². The number of fused-ring (bicyclic) bond motifs is 1. The third-order valence-electron chi connectivity index (χ3n) is 5.02. The van der Waals surface area contributed by atoms with E-state index in [4.69, 9.17) is 4.74 Å². The van der Waals surface area contributed by atoms with Crippen LogP contribution in [0.2, 0.25) is 0 Å². The highest BCUT2D eigenvalue weighted by Crippen LogP contribution is 2.26. The molecule has 0 unspecified atom stereocenters. The number of nitrogens with one attached hydrogen (secondary N) is 1. The summed E-state index contributed by atoms with van der Waals surface area (Å²) in [6.07, 6.45) is 0. The number of hydrogen-bond donors (Lipinski definition) is 1. The molecule has 0 amide bonds. The molecule has 3 rings (SSSR count). The third-order valence-corrected chi connectivity index (χ3v) is 7.04. The van der Waals surface area contributed by atoms with Gasteiger partial charge in [0.05, 0.1) is 18.0 Å². The van der Waals surface area contributed by atoms with E-state index in [1.54, 1.807) is 12.1 Å². The van der Waals surface area contributed by atoms with Crippen LogP contribution in [0.5, 0.6) is 0 Å². The first-order chi connectivity index (χ1) is 12.9. The summed E-state index contributed by atoms with van der Waals surface area (Å²) in [5.41, 5.74) is 2.75. The number of anilines is 1. The predicted molar refractivity (Wildman–Crippen MR) is 103 cm³/mol. The van der Waals surface area contributed by atoms with Crippen LogP contribution in [0.25, 0.3) is 0 Å². The van der Waals surface area contributed by atoms with Gasteiger partial charge in [0.25, 0.3) is 0 Å². The van der Waals surface area contributed by atoms with Crippen LogP contribution in [-0.2, 0) is 34.5 Å². The van der Waals surface area contributed by atoms with Crippen molar-refractivity contribution in [2.24, 2.45) is 0 Å². The number of benzene rings is 1. The summed E-state index contributed by atoms with van der Waals surface area (Å²) in [5.74, 6) is 1.64. The van der Waals surface area contributed by atoms with Crippen LogP contribution < -0.4 is 5.32 Å². The number of sulfonamides is 1. The van der Waals surface area contributed by atoms with Crippen LogP contribution in [0.4, 0.5) is 5.69 Å². The molecule has 0 fully saturated rings. The molecule has 2 aromatic rings. The molecular weight excluding hydrogens is 366 g/mol. The van der Waals surface area contributed by atoms with Gasteiger partial charge in [-0.1, -0.05) is 13.8 Å². The number of rotatable bonds is 7. The van der Waals surface area contributed by atoms with Gasteiger partial charge >= 0.3 is 0 Å². The Labute approximate surface area is 160 Å². The maximum Gasteiger partial charge on any atom is 0.243 e.